The molecule has 1 fully saturated rings. The molecule has 1 saturated carbocycles. The number of nitrogens with two attached hydrogens (primary N) is 1. The number of aromatic nitrogens is 2. The van der Waals surface area contributed by atoms with Gasteiger partial charge >= 0.3 is 0 Å². The number of nitrogen functional groups attached to an aromatic ring is 1. The molecule has 0 aliphatic heterocycles. The third kappa shape index (κ3) is 2.20. The zero-order valence-corrected chi connectivity index (χ0v) is 10.6. The van der Waals surface area contributed by atoms with E-state index in [9.17, 15) is 9.90 Å². The molecule has 100 valence electrons. The third-order valence-electron chi connectivity index (χ3n) is 3.59. The van der Waals surface area contributed by atoms with Gasteiger partial charge in [-0.2, -0.15) is 5.10 Å². The molecule has 1 aromatic rings. The van der Waals surface area contributed by atoms with Gasteiger partial charge in [0.1, 0.15) is 0 Å². The van der Waals surface area contributed by atoms with E-state index in [1.807, 2.05) is 6.92 Å². The summed E-state index contributed by atoms with van der Waals surface area (Å²) < 4.78 is 0. The predicted molar refractivity (Wildman–Crippen MR) is 68.1 cm³/mol. The molecule has 0 spiro atoms. The molecule has 0 aromatic carbocycles. The Morgan fingerprint density at radius 1 is 1.61 bits per heavy atom. The van der Waals surface area contributed by atoms with Crippen molar-refractivity contribution in [3.05, 3.63) is 11.4 Å². The maximum absolute atomic E-state index is 12.1. The molecule has 2 rings (SSSR count). The smallest absolute Gasteiger partial charge is 0.274 e. The van der Waals surface area contributed by atoms with Crippen LogP contribution in [0.25, 0.3) is 0 Å². The molecule has 1 amide bonds. The first kappa shape index (κ1) is 12.9. The number of nitrogens with zero attached hydrogens (tertiary/aromatic N) is 1. The van der Waals surface area contributed by atoms with Crippen molar-refractivity contribution >= 4 is 11.6 Å². The molecule has 0 bridgehead atoms. The molecular formula is C12H20N4O2. The van der Waals surface area contributed by atoms with Gasteiger partial charge in [0.25, 0.3) is 5.91 Å². The second-order valence-electron chi connectivity index (χ2n) is 4.96. The summed E-state index contributed by atoms with van der Waals surface area (Å²) in [5.41, 5.74) is 6.88. The fraction of sp³-hybridized carbons (Fsp3) is 0.667. The van der Waals surface area contributed by atoms with E-state index in [0.717, 1.165) is 37.8 Å². The number of nitrogens with one attached hydrogen (secondary N) is 2. The minimum absolute atomic E-state index is 0.0368. The lowest BCUT2D eigenvalue weighted by molar-refractivity contribution is 0.0638. The minimum Gasteiger partial charge on any atom is -0.395 e. The first-order chi connectivity index (χ1) is 8.62. The monoisotopic (exact) mass is 252 g/mol. The number of hydrogen-bond donors (Lipinski definition) is 4. The van der Waals surface area contributed by atoms with Crippen molar-refractivity contribution in [3.63, 3.8) is 0 Å². The van der Waals surface area contributed by atoms with Crippen molar-refractivity contribution < 1.29 is 9.90 Å². The van der Waals surface area contributed by atoms with Crippen molar-refractivity contribution in [2.75, 3.05) is 12.3 Å². The predicted octanol–water partition coefficient (Wildman–Crippen LogP) is 0.589. The Bertz CT molecular complexity index is 432. The Labute approximate surface area is 106 Å². The van der Waals surface area contributed by atoms with Gasteiger partial charge in [-0.25, -0.2) is 0 Å². The van der Waals surface area contributed by atoms with Gasteiger partial charge < -0.3 is 16.2 Å². The molecule has 1 aromatic heterocycles. The maximum Gasteiger partial charge on any atom is 0.274 e. The second kappa shape index (κ2) is 4.97. The van der Waals surface area contributed by atoms with Crippen LogP contribution in [0.2, 0.25) is 0 Å². The van der Waals surface area contributed by atoms with Gasteiger partial charge in [-0.3, -0.25) is 9.89 Å². The van der Waals surface area contributed by atoms with E-state index >= 15 is 0 Å². The first-order valence-electron chi connectivity index (χ1n) is 6.38. The molecule has 1 heterocycles. The summed E-state index contributed by atoms with van der Waals surface area (Å²) in [7, 11) is 0. The number of rotatable bonds is 5. The number of carbonyl (C=O) groups is 1. The Morgan fingerprint density at radius 2 is 2.33 bits per heavy atom. The van der Waals surface area contributed by atoms with Gasteiger partial charge in [0.05, 0.1) is 23.5 Å². The van der Waals surface area contributed by atoms with E-state index in [4.69, 9.17) is 5.73 Å². The van der Waals surface area contributed by atoms with Crippen LogP contribution in [0.5, 0.6) is 0 Å². The highest BCUT2D eigenvalue weighted by atomic mass is 16.3. The van der Waals surface area contributed by atoms with Gasteiger partial charge in [-0.1, -0.05) is 13.3 Å². The standard InChI is InChI=1S/C12H20N4O2/c1-2-4-8-9(13)10(16-15-8)11(18)14-12(7-17)5-3-6-12/h17H,2-7,13H2,1H3,(H,14,18)(H,15,16). The zero-order valence-electron chi connectivity index (χ0n) is 10.6. The Kier molecular flexibility index (Phi) is 3.56. The molecule has 1 aliphatic rings. The van der Waals surface area contributed by atoms with Crippen molar-refractivity contribution in [2.45, 2.75) is 44.6 Å². The minimum atomic E-state index is -0.465. The quantitative estimate of drug-likeness (QED) is 0.615. The lowest BCUT2D eigenvalue weighted by atomic mass is 9.77. The van der Waals surface area contributed by atoms with Crippen LogP contribution < -0.4 is 11.1 Å². The Hall–Kier alpha value is -1.56. The average Bonchev–Trinajstić information content (AvgIpc) is 2.66. The van der Waals surface area contributed by atoms with Gasteiger partial charge in [0.15, 0.2) is 5.69 Å². The largest absolute Gasteiger partial charge is 0.395 e. The molecule has 18 heavy (non-hydrogen) atoms. The number of aryl methyl sites for hydroxylation is 1. The summed E-state index contributed by atoms with van der Waals surface area (Å²) in [5, 5.41) is 18.9. The molecule has 0 radical (unpaired) electrons. The topological polar surface area (TPSA) is 104 Å². The number of anilines is 1. The summed E-state index contributed by atoms with van der Waals surface area (Å²) in [6.45, 7) is 2.00. The highest BCUT2D eigenvalue weighted by molar-refractivity contribution is 5.98. The van der Waals surface area contributed by atoms with E-state index in [2.05, 4.69) is 15.5 Å². The third-order valence-corrected chi connectivity index (χ3v) is 3.59. The second-order valence-corrected chi connectivity index (χ2v) is 4.96. The Balaban J connectivity index is 2.09. The summed E-state index contributed by atoms with van der Waals surface area (Å²) in [6, 6.07) is 0. The van der Waals surface area contributed by atoms with Crippen LogP contribution >= 0.6 is 0 Å². The maximum atomic E-state index is 12.1. The number of aliphatic hydroxyl groups is 1. The van der Waals surface area contributed by atoms with Crippen LogP contribution in [0.1, 0.15) is 48.8 Å². The van der Waals surface area contributed by atoms with E-state index < -0.39 is 5.54 Å². The number of aromatic amines is 1. The molecule has 6 nitrogen and oxygen atoms in total. The van der Waals surface area contributed by atoms with E-state index in [-0.39, 0.29) is 18.2 Å². The number of carbonyl (C=O) groups excluding carboxylic acids is 1. The van der Waals surface area contributed by atoms with E-state index in [0.29, 0.717) is 5.69 Å². The van der Waals surface area contributed by atoms with E-state index in [1.54, 1.807) is 0 Å². The summed E-state index contributed by atoms with van der Waals surface area (Å²) in [5.74, 6) is -0.306. The molecular weight excluding hydrogens is 232 g/mol. The molecule has 0 unspecified atom stereocenters. The Morgan fingerprint density at radius 3 is 2.83 bits per heavy atom. The van der Waals surface area contributed by atoms with Crippen LogP contribution in [-0.2, 0) is 6.42 Å². The van der Waals surface area contributed by atoms with Crippen molar-refractivity contribution in [2.24, 2.45) is 0 Å². The van der Waals surface area contributed by atoms with Crippen molar-refractivity contribution in [1.82, 2.24) is 15.5 Å². The highest BCUT2D eigenvalue weighted by Gasteiger charge is 2.38. The van der Waals surface area contributed by atoms with Gasteiger partial charge in [0.2, 0.25) is 0 Å². The summed E-state index contributed by atoms with van der Waals surface area (Å²) >= 11 is 0. The van der Waals surface area contributed by atoms with Crippen molar-refractivity contribution in [3.8, 4) is 0 Å². The van der Waals surface area contributed by atoms with Gasteiger partial charge in [-0.05, 0) is 25.7 Å². The number of aliphatic hydroxyl groups excluding tert-OH is 1. The van der Waals surface area contributed by atoms with Crippen molar-refractivity contribution in [1.29, 1.82) is 0 Å². The molecule has 5 N–H and O–H groups in total. The van der Waals surface area contributed by atoms with Crippen LogP contribution in [0.3, 0.4) is 0 Å². The zero-order chi connectivity index (χ0) is 13.2. The summed E-state index contributed by atoms with van der Waals surface area (Å²) in [6.07, 6.45) is 4.35. The molecule has 0 atom stereocenters. The van der Waals surface area contributed by atoms with Gasteiger partial charge in [-0.15, -0.1) is 0 Å². The number of amides is 1. The fourth-order valence-electron chi connectivity index (χ4n) is 2.23. The highest BCUT2D eigenvalue weighted by Crippen LogP contribution is 2.31. The van der Waals surface area contributed by atoms with Crippen LogP contribution in [0.4, 0.5) is 5.69 Å². The SMILES string of the molecule is CCCc1[nH]nc(C(=O)NC2(CO)CCC2)c1N. The van der Waals surface area contributed by atoms with Gasteiger partial charge in [0, 0.05) is 0 Å². The van der Waals surface area contributed by atoms with Crippen LogP contribution in [0.15, 0.2) is 0 Å². The summed E-state index contributed by atoms with van der Waals surface area (Å²) in [4.78, 5) is 12.1. The van der Waals surface area contributed by atoms with Crippen LogP contribution in [-0.4, -0.2) is 33.4 Å². The van der Waals surface area contributed by atoms with Crippen LogP contribution in [0, 0.1) is 0 Å². The fourth-order valence-corrected chi connectivity index (χ4v) is 2.23. The lowest BCUT2D eigenvalue weighted by Crippen LogP contribution is -2.56. The number of H-pyrrole nitrogens is 1. The molecule has 0 saturated heterocycles. The van der Waals surface area contributed by atoms with E-state index in [1.165, 1.54) is 0 Å². The first-order valence-corrected chi connectivity index (χ1v) is 6.38. The molecule has 6 heteroatoms. The normalized spacial score (nSPS) is 17.2. The number of hydrogen-bond acceptors (Lipinski definition) is 4. The molecule has 1 aliphatic carbocycles. The average molecular weight is 252 g/mol. The lowest BCUT2D eigenvalue weighted by Gasteiger charge is -2.40.